The van der Waals surface area contributed by atoms with E-state index >= 15 is 0 Å². The van der Waals surface area contributed by atoms with Crippen molar-refractivity contribution in [3.8, 4) is 0 Å². The first-order valence-corrected chi connectivity index (χ1v) is 5.51. The van der Waals surface area contributed by atoms with Crippen LogP contribution in [0.15, 0.2) is 18.2 Å². The molecular formula is C11H11F3N2O3. The van der Waals surface area contributed by atoms with Crippen molar-refractivity contribution < 1.29 is 27.8 Å². The van der Waals surface area contributed by atoms with Gasteiger partial charge in [-0.15, -0.1) is 0 Å². The Labute approximate surface area is 106 Å². The molecule has 1 N–H and O–H groups in total. The lowest BCUT2D eigenvalue weighted by atomic mass is 10.2. The van der Waals surface area contributed by atoms with E-state index in [4.69, 9.17) is 9.84 Å². The number of rotatable bonds is 2. The number of carboxylic acid groups (broad SMARTS) is 1. The van der Waals surface area contributed by atoms with E-state index in [0.29, 0.717) is 6.54 Å². The van der Waals surface area contributed by atoms with E-state index < -0.39 is 23.9 Å². The van der Waals surface area contributed by atoms with Crippen molar-refractivity contribution in [3.63, 3.8) is 0 Å². The molecule has 1 aliphatic rings. The molecule has 104 valence electrons. The third-order valence-corrected chi connectivity index (χ3v) is 2.69. The number of aromatic nitrogens is 1. The lowest BCUT2D eigenvalue weighted by Crippen LogP contribution is -2.46. The van der Waals surface area contributed by atoms with Crippen LogP contribution in [0.5, 0.6) is 0 Å². The lowest BCUT2D eigenvalue weighted by molar-refractivity contribution is -0.151. The van der Waals surface area contributed by atoms with Gasteiger partial charge in [-0.25, -0.2) is 9.78 Å². The molecule has 0 radical (unpaired) electrons. The summed E-state index contributed by atoms with van der Waals surface area (Å²) in [5.74, 6) is -1.04. The predicted octanol–water partition coefficient (Wildman–Crippen LogP) is 1.39. The molecule has 1 aromatic heterocycles. The number of pyridine rings is 1. The van der Waals surface area contributed by atoms with Gasteiger partial charge in [-0.05, 0) is 12.1 Å². The van der Waals surface area contributed by atoms with Gasteiger partial charge in [0.05, 0.1) is 13.2 Å². The maximum atomic E-state index is 12.5. The summed E-state index contributed by atoms with van der Waals surface area (Å²) in [6, 6.07) is 3.54. The second kappa shape index (κ2) is 5.04. The van der Waals surface area contributed by atoms with Gasteiger partial charge in [0.15, 0.2) is 6.10 Å². The second-order valence-electron chi connectivity index (χ2n) is 4.02. The van der Waals surface area contributed by atoms with Crippen molar-refractivity contribution in [2.75, 3.05) is 24.6 Å². The standard InChI is InChI=1S/C11H11F3N2O3/c12-11(13,14)8-2-1-3-9(15-8)16-4-5-19-7(6-16)10(17)18/h1-3,7H,4-6H2,(H,17,18). The van der Waals surface area contributed by atoms with Gasteiger partial charge in [-0.3, -0.25) is 0 Å². The van der Waals surface area contributed by atoms with Gasteiger partial charge in [-0.2, -0.15) is 13.2 Å². The molecule has 0 amide bonds. The molecular weight excluding hydrogens is 265 g/mol. The Morgan fingerprint density at radius 2 is 2.21 bits per heavy atom. The summed E-state index contributed by atoms with van der Waals surface area (Å²) in [6.07, 6.45) is -5.57. The summed E-state index contributed by atoms with van der Waals surface area (Å²) in [5.41, 5.74) is -0.997. The van der Waals surface area contributed by atoms with Crippen molar-refractivity contribution in [2.45, 2.75) is 12.3 Å². The normalized spacial score (nSPS) is 20.4. The Balaban J connectivity index is 2.20. The molecule has 1 aliphatic heterocycles. The third-order valence-electron chi connectivity index (χ3n) is 2.69. The van der Waals surface area contributed by atoms with Gasteiger partial charge in [0.1, 0.15) is 11.5 Å². The Morgan fingerprint density at radius 3 is 2.84 bits per heavy atom. The molecule has 8 heteroatoms. The highest BCUT2D eigenvalue weighted by atomic mass is 19.4. The number of carbonyl (C=O) groups is 1. The molecule has 2 rings (SSSR count). The van der Waals surface area contributed by atoms with E-state index in [-0.39, 0.29) is 19.0 Å². The summed E-state index contributed by atoms with van der Waals surface area (Å²) in [6.45, 7) is 0.413. The Bertz CT molecular complexity index is 478. The highest BCUT2D eigenvalue weighted by Crippen LogP contribution is 2.29. The number of nitrogens with zero attached hydrogens (tertiary/aromatic N) is 2. The van der Waals surface area contributed by atoms with Crippen LogP contribution >= 0.6 is 0 Å². The molecule has 0 spiro atoms. The average Bonchev–Trinajstić information content (AvgIpc) is 2.38. The number of halogens is 3. The summed E-state index contributed by atoms with van der Waals surface area (Å²) in [5, 5.41) is 8.83. The van der Waals surface area contributed by atoms with Crippen molar-refractivity contribution in [1.29, 1.82) is 0 Å². The van der Waals surface area contributed by atoms with Crippen LogP contribution < -0.4 is 4.90 Å². The van der Waals surface area contributed by atoms with E-state index in [2.05, 4.69) is 4.98 Å². The maximum absolute atomic E-state index is 12.5. The average molecular weight is 276 g/mol. The Kier molecular flexibility index (Phi) is 3.61. The number of ether oxygens (including phenoxy) is 1. The number of hydrogen-bond acceptors (Lipinski definition) is 4. The zero-order valence-corrected chi connectivity index (χ0v) is 9.72. The van der Waals surface area contributed by atoms with Gasteiger partial charge in [0.2, 0.25) is 0 Å². The van der Waals surface area contributed by atoms with Crippen molar-refractivity contribution in [2.24, 2.45) is 0 Å². The molecule has 1 aromatic rings. The summed E-state index contributed by atoms with van der Waals surface area (Å²) in [4.78, 5) is 15.8. The second-order valence-corrected chi connectivity index (χ2v) is 4.02. The van der Waals surface area contributed by atoms with Crippen molar-refractivity contribution in [3.05, 3.63) is 23.9 Å². The first-order valence-electron chi connectivity index (χ1n) is 5.51. The van der Waals surface area contributed by atoms with Gasteiger partial charge >= 0.3 is 12.1 Å². The molecule has 0 aliphatic carbocycles. The number of alkyl halides is 3. The molecule has 0 bridgehead atoms. The Hall–Kier alpha value is -1.83. The van der Waals surface area contributed by atoms with Crippen molar-refractivity contribution >= 4 is 11.8 Å². The molecule has 1 unspecified atom stereocenters. The predicted molar refractivity (Wildman–Crippen MR) is 58.8 cm³/mol. The zero-order chi connectivity index (χ0) is 14.0. The monoisotopic (exact) mass is 276 g/mol. The summed E-state index contributed by atoms with van der Waals surface area (Å²) < 4.78 is 42.6. The first-order chi connectivity index (χ1) is 8.88. The number of anilines is 1. The van der Waals surface area contributed by atoms with E-state index in [1.165, 1.54) is 17.0 Å². The number of aliphatic carboxylic acids is 1. The van der Waals surface area contributed by atoms with E-state index in [9.17, 15) is 18.0 Å². The minimum Gasteiger partial charge on any atom is -0.479 e. The molecule has 19 heavy (non-hydrogen) atoms. The number of hydrogen-bond donors (Lipinski definition) is 1. The number of carboxylic acids is 1. The topological polar surface area (TPSA) is 62.7 Å². The minimum absolute atomic E-state index is 0.0242. The maximum Gasteiger partial charge on any atom is 0.433 e. The van der Waals surface area contributed by atoms with Crippen LogP contribution in [0.3, 0.4) is 0 Å². The largest absolute Gasteiger partial charge is 0.479 e. The van der Waals surface area contributed by atoms with Crippen LogP contribution in [0.1, 0.15) is 5.69 Å². The fraction of sp³-hybridized carbons (Fsp3) is 0.455. The van der Waals surface area contributed by atoms with Crippen LogP contribution in [0.2, 0.25) is 0 Å². The van der Waals surface area contributed by atoms with Crippen LogP contribution in [-0.2, 0) is 15.7 Å². The quantitative estimate of drug-likeness (QED) is 0.884. The minimum atomic E-state index is -4.52. The van der Waals surface area contributed by atoms with Crippen LogP contribution in [0, 0.1) is 0 Å². The van der Waals surface area contributed by atoms with Gasteiger partial charge < -0.3 is 14.7 Å². The van der Waals surface area contributed by atoms with E-state index in [0.717, 1.165) is 6.07 Å². The molecule has 5 nitrogen and oxygen atoms in total. The lowest BCUT2D eigenvalue weighted by Gasteiger charge is -2.31. The number of morpholine rings is 1. The SMILES string of the molecule is O=C(O)C1CN(c2cccc(C(F)(F)F)n2)CCO1. The van der Waals surface area contributed by atoms with Gasteiger partial charge in [0.25, 0.3) is 0 Å². The summed E-state index contributed by atoms with van der Waals surface area (Å²) in [7, 11) is 0. The van der Waals surface area contributed by atoms with Gasteiger partial charge in [-0.1, -0.05) is 6.07 Å². The molecule has 1 fully saturated rings. The van der Waals surface area contributed by atoms with Crippen LogP contribution in [0.4, 0.5) is 19.0 Å². The van der Waals surface area contributed by atoms with Crippen molar-refractivity contribution in [1.82, 2.24) is 4.98 Å². The van der Waals surface area contributed by atoms with E-state index in [1.54, 1.807) is 0 Å². The third kappa shape index (κ3) is 3.14. The zero-order valence-electron chi connectivity index (χ0n) is 9.72. The van der Waals surface area contributed by atoms with Crippen LogP contribution in [0.25, 0.3) is 0 Å². The summed E-state index contributed by atoms with van der Waals surface area (Å²) >= 11 is 0. The fourth-order valence-electron chi connectivity index (χ4n) is 1.76. The van der Waals surface area contributed by atoms with Gasteiger partial charge in [0, 0.05) is 6.54 Å². The first kappa shape index (κ1) is 13.6. The molecule has 2 heterocycles. The Morgan fingerprint density at radius 1 is 1.47 bits per heavy atom. The fourth-order valence-corrected chi connectivity index (χ4v) is 1.76. The van der Waals surface area contributed by atoms with E-state index in [1.807, 2.05) is 0 Å². The molecule has 1 saturated heterocycles. The highest BCUT2D eigenvalue weighted by Gasteiger charge is 2.33. The molecule has 1 atom stereocenters. The molecule has 0 aromatic carbocycles. The highest BCUT2D eigenvalue weighted by molar-refractivity contribution is 5.73. The van der Waals surface area contributed by atoms with Crippen LogP contribution in [-0.4, -0.2) is 41.9 Å². The smallest absolute Gasteiger partial charge is 0.433 e. The molecule has 0 saturated carbocycles.